The molecule has 0 aliphatic heterocycles. The lowest BCUT2D eigenvalue weighted by molar-refractivity contribution is 0.0751. The molecule has 0 radical (unpaired) electrons. The van der Waals surface area contributed by atoms with Crippen molar-refractivity contribution in [3.05, 3.63) is 36.2 Å². The minimum absolute atomic E-state index is 0.111. The first-order chi connectivity index (χ1) is 11.2. The van der Waals surface area contributed by atoms with E-state index in [1.807, 2.05) is 24.3 Å². The Hall–Kier alpha value is -2.01. The first-order valence-electron chi connectivity index (χ1n) is 8.49. The summed E-state index contributed by atoms with van der Waals surface area (Å²) in [4.78, 5) is 21.4. The molecular weight excluding hydrogens is 288 g/mol. The fourth-order valence-electron chi connectivity index (χ4n) is 4.32. The number of aromatic nitrogens is 2. The van der Waals surface area contributed by atoms with Gasteiger partial charge in [-0.2, -0.15) is 0 Å². The fraction of sp³-hybridized carbons (Fsp3) is 0.500. The van der Waals surface area contributed by atoms with E-state index in [9.17, 15) is 4.79 Å². The number of benzene rings is 1. The van der Waals surface area contributed by atoms with Crippen molar-refractivity contribution in [3.8, 4) is 0 Å². The predicted molar refractivity (Wildman–Crippen MR) is 88.8 cm³/mol. The van der Waals surface area contributed by atoms with Crippen molar-refractivity contribution >= 4 is 16.9 Å². The van der Waals surface area contributed by atoms with E-state index in [1.54, 1.807) is 6.20 Å². The average Bonchev–Trinajstić information content (AvgIpc) is 2.55. The van der Waals surface area contributed by atoms with Gasteiger partial charge in [-0.25, -0.2) is 4.98 Å². The van der Waals surface area contributed by atoms with Crippen molar-refractivity contribution in [2.24, 2.45) is 17.6 Å². The molecule has 2 bridgehead atoms. The highest BCUT2D eigenvalue weighted by atomic mass is 16.2. The van der Waals surface area contributed by atoms with Gasteiger partial charge in [-0.15, -0.1) is 0 Å². The first-order valence-corrected chi connectivity index (χ1v) is 8.49. The number of nitrogens with one attached hydrogen (secondary N) is 1. The van der Waals surface area contributed by atoms with E-state index >= 15 is 0 Å². The molecule has 5 nitrogen and oxygen atoms in total. The first kappa shape index (κ1) is 14.6. The van der Waals surface area contributed by atoms with E-state index in [2.05, 4.69) is 15.3 Å². The van der Waals surface area contributed by atoms with Crippen LogP contribution in [0.1, 0.15) is 42.6 Å². The zero-order valence-electron chi connectivity index (χ0n) is 13.1. The highest BCUT2D eigenvalue weighted by Gasteiger charge is 2.40. The van der Waals surface area contributed by atoms with Crippen LogP contribution in [0.15, 0.2) is 30.5 Å². The third-order valence-corrected chi connectivity index (χ3v) is 5.36. The van der Waals surface area contributed by atoms with Gasteiger partial charge in [0.25, 0.3) is 5.91 Å². The molecule has 5 heteroatoms. The lowest BCUT2D eigenvalue weighted by atomic mass is 9.67. The Bertz CT molecular complexity index is 718. The lowest BCUT2D eigenvalue weighted by Crippen LogP contribution is -2.53. The van der Waals surface area contributed by atoms with E-state index in [4.69, 9.17) is 5.73 Å². The highest BCUT2D eigenvalue weighted by Crippen LogP contribution is 2.39. The van der Waals surface area contributed by atoms with Crippen molar-refractivity contribution in [3.63, 3.8) is 0 Å². The molecule has 2 aromatic rings. The molecule has 3 N–H and O–H groups in total. The third-order valence-electron chi connectivity index (χ3n) is 5.36. The van der Waals surface area contributed by atoms with Gasteiger partial charge in [0.05, 0.1) is 17.2 Å². The van der Waals surface area contributed by atoms with Crippen molar-refractivity contribution in [1.29, 1.82) is 0 Å². The molecule has 2 unspecified atom stereocenters. The molecule has 4 rings (SSSR count). The summed E-state index contributed by atoms with van der Waals surface area (Å²) in [5.41, 5.74) is 8.12. The van der Waals surface area contributed by atoms with Gasteiger partial charge in [-0.1, -0.05) is 18.6 Å². The Kier molecular flexibility index (Phi) is 3.73. The molecule has 0 saturated heterocycles. The predicted octanol–water partition coefficient (Wildman–Crippen LogP) is 2.27. The molecular formula is C18H22N4O. The summed E-state index contributed by atoms with van der Waals surface area (Å²) >= 11 is 0. The summed E-state index contributed by atoms with van der Waals surface area (Å²) in [6, 6.07) is 8.14. The van der Waals surface area contributed by atoms with Crippen LogP contribution in [-0.2, 0) is 0 Å². The highest BCUT2D eigenvalue weighted by molar-refractivity contribution is 5.94. The molecule has 2 atom stereocenters. The van der Waals surface area contributed by atoms with Gasteiger partial charge in [0.1, 0.15) is 5.69 Å². The van der Waals surface area contributed by atoms with Crippen LogP contribution in [0, 0.1) is 11.8 Å². The minimum Gasteiger partial charge on any atom is -0.347 e. The van der Waals surface area contributed by atoms with Crippen molar-refractivity contribution in [2.75, 3.05) is 0 Å². The largest absolute Gasteiger partial charge is 0.347 e. The van der Waals surface area contributed by atoms with Crippen LogP contribution in [0.3, 0.4) is 0 Å². The molecule has 23 heavy (non-hydrogen) atoms. The van der Waals surface area contributed by atoms with Crippen LogP contribution in [0.5, 0.6) is 0 Å². The zero-order chi connectivity index (χ0) is 15.8. The molecule has 2 saturated carbocycles. The second-order valence-corrected chi connectivity index (χ2v) is 6.93. The molecule has 2 aliphatic rings. The summed E-state index contributed by atoms with van der Waals surface area (Å²) in [5.74, 6) is 0.908. The van der Waals surface area contributed by atoms with Gasteiger partial charge >= 0.3 is 0 Å². The molecule has 1 amide bonds. The summed E-state index contributed by atoms with van der Waals surface area (Å²) in [7, 11) is 0. The second kappa shape index (κ2) is 5.89. The Morgan fingerprint density at radius 2 is 1.83 bits per heavy atom. The maximum Gasteiger partial charge on any atom is 0.271 e. The molecule has 120 valence electrons. The quantitative estimate of drug-likeness (QED) is 0.891. The number of rotatable bonds is 2. The number of amides is 1. The number of carbonyl (C=O) groups excluding carboxylic acids is 1. The van der Waals surface area contributed by atoms with Crippen LogP contribution in [0.2, 0.25) is 0 Å². The van der Waals surface area contributed by atoms with Crippen LogP contribution < -0.4 is 11.1 Å². The van der Waals surface area contributed by atoms with Crippen LogP contribution in [-0.4, -0.2) is 28.0 Å². The van der Waals surface area contributed by atoms with Gasteiger partial charge in [0.2, 0.25) is 0 Å². The van der Waals surface area contributed by atoms with Crippen molar-refractivity contribution in [1.82, 2.24) is 15.3 Å². The van der Waals surface area contributed by atoms with Crippen LogP contribution in [0.4, 0.5) is 0 Å². The number of para-hydroxylation sites is 2. The van der Waals surface area contributed by atoms with Crippen molar-refractivity contribution in [2.45, 2.75) is 44.2 Å². The van der Waals surface area contributed by atoms with Gasteiger partial charge in [-0.05, 0) is 49.7 Å². The average molecular weight is 310 g/mol. The van der Waals surface area contributed by atoms with Crippen molar-refractivity contribution < 1.29 is 4.79 Å². The Labute approximate surface area is 135 Å². The molecule has 1 heterocycles. The SMILES string of the molecule is NC1CC2CCCC(C1)C2NC(=O)c1cnc2ccccc2n1. The van der Waals surface area contributed by atoms with Gasteiger partial charge in [-0.3, -0.25) is 9.78 Å². The summed E-state index contributed by atoms with van der Waals surface area (Å²) < 4.78 is 0. The third kappa shape index (κ3) is 2.81. The van der Waals surface area contributed by atoms with E-state index < -0.39 is 0 Å². The van der Waals surface area contributed by atoms with E-state index in [-0.39, 0.29) is 11.9 Å². The summed E-state index contributed by atoms with van der Waals surface area (Å²) in [6.07, 6.45) is 7.19. The molecule has 2 aliphatic carbocycles. The van der Waals surface area contributed by atoms with Crippen LogP contribution in [0.25, 0.3) is 11.0 Å². The van der Waals surface area contributed by atoms with Crippen LogP contribution >= 0.6 is 0 Å². The number of hydrogen-bond donors (Lipinski definition) is 2. The van der Waals surface area contributed by atoms with E-state index in [0.29, 0.717) is 23.6 Å². The number of hydrogen-bond acceptors (Lipinski definition) is 4. The van der Waals surface area contributed by atoms with Gasteiger partial charge in [0, 0.05) is 12.1 Å². The number of fused-ring (bicyclic) bond motifs is 3. The topological polar surface area (TPSA) is 80.9 Å². The van der Waals surface area contributed by atoms with Gasteiger partial charge < -0.3 is 11.1 Å². The van der Waals surface area contributed by atoms with Gasteiger partial charge in [0.15, 0.2) is 0 Å². The molecule has 2 fully saturated rings. The standard InChI is InChI=1S/C18H22N4O/c19-13-8-11-4-3-5-12(9-13)17(11)22-18(23)16-10-20-14-6-1-2-7-15(14)21-16/h1-2,6-7,10-13,17H,3-5,8-9,19H2,(H,22,23). The minimum atomic E-state index is -0.111. The summed E-state index contributed by atoms with van der Waals surface area (Å²) in [6.45, 7) is 0. The number of carbonyl (C=O) groups is 1. The molecule has 1 aromatic heterocycles. The molecule has 1 aromatic carbocycles. The fourth-order valence-corrected chi connectivity index (χ4v) is 4.32. The normalized spacial score (nSPS) is 30.1. The Balaban J connectivity index is 1.54. The second-order valence-electron chi connectivity index (χ2n) is 6.93. The van der Waals surface area contributed by atoms with E-state index in [0.717, 1.165) is 23.9 Å². The zero-order valence-corrected chi connectivity index (χ0v) is 13.1. The summed E-state index contributed by atoms with van der Waals surface area (Å²) in [5, 5.41) is 3.23. The maximum atomic E-state index is 12.6. The molecule has 0 spiro atoms. The number of nitrogens with two attached hydrogens (primary N) is 1. The van der Waals surface area contributed by atoms with E-state index in [1.165, 1.54) is 19.3 Å². The maximum absolute atomic E-state index is 12.6. The Morgan fingerprint density at radius 3 is 2.57 bits per heavy atom. The Morgan fingerprint density at radius 1 is 1.13 bits per heavy atom. The monoisotopic (exact) mass is 310 g/mol. The lowest BCUT2D eigenvalue weighted by Gasteiger charge is -2.45. The number of nitrogens with zero attached hydrogens (tertiary/aromatic N) is 2. The smallest absolute Gasteiger partial charge is 0.271 e.